The number of phenols is 1. The highest BCUT2D eigenvalue weighted by molar-refractivity contribution is 7.92. The first-order valence-electron chi connectivity index (χ1n) is 11.9. The fourth-order valence-electron chi connectivity index (χ4n) is 4.04. The average Bonchev–Trinajstić information content (AvgIpc) is 3.28. The van der Waals surface area contributed by atoms with E-state index in [4.69, 9.17) is 4.52 Å². The molecule has 0 atom stereocenters. The highest BCUT2D eigenvalue weighted by Crippen LogP contribution is 2.45. The zero-order chi connectivity index (χ0) is 26.5. The van der Waals surface area contributed by atoms with Crippen molar-refractivity contribution in [1.29, 1.82) is 0 Å². The lowest BCUT2D eigenvalue weighted by Crippen LogP contribution is -2.21. The number of amides is 1. The maximum absolute atomic E-state index is 13.0. The van der Waals surface area contributed by atoms with E-state index in [1.54, 1.807) is 60.7 Å². The Morgan fingerprint density at radius 1 is 1.03 bits per heavy atom. The molecule has 2 aromatic heterocycles. The lowest BCUT2D eigenvalue weighted by Gasteiger charge is -2.12. The molecule has 1 fully saturated rings. The quantitative estimate of drug-likeness (QED) is 0.228. The van der Waals surface area contributed by atoms with E-state index in [2.05, 4.69) is 25.2 Å². The van der Waals surface area contributed by atoms with Gasteiger partial charge < -0.3 is 19.9 Å². The molecule has 1 aliphatic carbocycles. The Kier molecular flexibility index (Phi) is 5.46. The van der Waals surface area contributed by atoms with E-state index < -0.39 is 10.0 Å². The molecule has 3 aromatic carbocycles. The third-order valence-corrected chi connectivity index (χ3v) is 8.00. The summed E-state index contributed by atoms with van der Waals surface area (Å²) in [6.45, 7) is 1.91. The third kappa shape index (κ3) is 4.59. The summed E-state index contributed by atoms with van der Waals surface area (Å²) >= 11 is 0. The van der Waals surface area contributed by atoms with E-state index in [1.807, 2.05) is 6.92 Å². The second-order valence-corrected chi connectivity index (χ2v) is 11.3. The van der Waals surface area contributed by atoms with Crippen LogP contribution in [0.25, 0.3) is 33.9 Å². The van der Waals surface area contributed by atoms with Crippen molar-refractivity contribution >= 4 is 38.2 Å². The molecular weight excluding hydrogens is 506 g/mol. The van der Waals surface area contributed by atoms with E-state index >= 15 is 0 Å². The Morgan fingerprint density at radius 3 is 2.55 bits per heavy atom. The molecule has 0 unspecified atom stereocenters. The van der Waals surface area contributed by atoms with Crippen molar-refractivity contribution in [3.05, 3.63) is 72.8 Å². The van der Waals surface area contributed by atoms with Crippen LogP contribution in [0.5, 0.6) is 5.75 Å². The number of benzene rings is 3. The number of aromatic hydroxyl groups is 1. The summed E-state index contributed by atoms with van der Waals surface area (Å²) in [5, 5.41) is 17.3. The van der Waals surface area contributed by atoms with Gasteiger partial charge in [0.05, 0.1) is 10.6 Å². The number of hydrogen-bond donors (Lipinski definition) is 4. The minimum absolute atomic E-state index is 0.0559. The van der Waals surface area contributed by atoms with Gasteiger partial charge in [0.15, 0.2) is 0 Å². The molecule has 1 aliphatic rings. The number of sulfonamides is 1. The molecule has 0 aliphatic heterocycles. The number of nitrogens with zero attached hydrogens (tertiary/aromatic N) is 2. The van der Waals surface area contributed by atoms with Crippen LogP contribution >= 0.6 is 0 Å². The minimum Gasteiger partial charge on any atom is -0.508 e. The minimum atomic E-state index is -3.88. The van der Waals surface area contributed by atoms with Gasteiger partial charge >= 0.3 is 0 Å². The predicted molar refractivity (Wildman–Crippen MR) is 142 cm³/mol. The van der Waals surface area contributed by atoms with Gasteiger partial charge in [-0.15, -0.1) is 0 Å². The lowest BCUT2D eigenvalue weighted by molar-refractivity contribution is -0.120. The molecule has 10 nitrogen and oxygen atoms in total. The third-order valence-electron chi connectivity index (χ3n) is 6.60. The van der Waals surface area contributed by atoms with Crippen LogP contribution in [0, 0.1) is 5.41 Å². The number of aromatic amines is 1. The molecule has 0 bridgehead atoms. The first kappa shape index (κ1) is 23.7. The number of carbonyl (C=O) groups is 1. The smallest absolute Gasteiger partial charge is 0.274 e. The van der Waals surface area contributed by atoms with Crippen molar-refractivity contribution in [3.63, 3.8) is 0 Å². The van der Waals surface area contributed by atoms with Gasteiger partial charge in [0.25, 0.3) is 15.9 Å². The van der Waals surface area contributed by atoms with Crippen LogP contribution in [-0.2, 0) is 14.8 Å². The number of anilines is 2. The van der Waals surface area contributed by atoms with Crippen molar-refractivity contribution in [3.8, 4) is 28.7 Å². The van der Waals surface area contributed by atoms with Gasteiger partial charge in [-0.3, -0.25) is 9.52 Å². The Hall–Kier alpha value is -4.64. The highest BCUT2D eigenvalue weighted by Gasteiger charge is 2.44. The number of aromatic nitrogens is 3. The van der Waals surface area contributed by atoms with E-state index in [0.717, 1.165) is 23.7 Å². The normalized spacial score (nSPS) is 14.3. The summed E-state index contributed by atoms with van der Waals surface area (Å²) in [7, 11) is -3.88. The maximum atomic E-state index is 13.0. The first-order chi connectivity index (χ1) is 18.2. The van der Waals surface area contributed by atoms with Crippen molar-refractivity contribution in [2.75, 3.05) is 10.0 Å². The van der Waals surface area contributed by atoms with Gasteiger partial charge in [-0.2, -0.15) is 4.98 Å². The van der Waals surface area contributed by atoms with Crippen molar-refractivity contribution in [1.82, 2.24) is 15.1 Å². The number of nitrogens with one attached hydrogen (secondary N) is 3. The Balaban J connectivity index is 1.17. The van der Waals surface area contributed by atoms with Gasteiger partial charge in [-0.25, -0.2) is 8.42 Å². The van der Waals surface area contributed by atoms with Crippen LogP contribution < -0.4 is 10.0 Å². The molecule has 11 heteroatoms. The summed E-state index contributed by atoms with van der Waals surface area (Å²) in [6, 6.07) is 19.5. The van der Waals surface area contributed by atoms with Crippen molar-refractivity contribution < 1.29 is 22.8 Å². The summed E-state index contributed by atoms with van der Waals surface area (Å²) in [5.74, 6) is 0.644. The number of rotatable bonds is 7. The Morgan fingerprint density at radius 2 is 1.79 bits per heavy atom. The molecule has 1 saturated carbocycles. The second-order valence-electron chi connectivity index (χ2n) is 9.60. The number of phenolic OH excluding ortho intramolecular Hbond substituents is 1. The molecule has 4 N–H and O–H groups in total. The predicted octanol–water partition coefficient (Wildman–Crippen LogP) is 5.13. The van der Waals surface area contributed by atoms with Gasteiger partial charge in [-0.05, 0) is 79.6 Å². The van der Waals surface area contributed by atoms with Crippen LogP contribution in [0.1, 0.15) is 19.8 Å². The topological polar surface area (TPSA) is 150 Å². The molecular formula is C27H23N5O5S. The van der Waals surface area contributed by atoms with Gasteiger partial charge in [0.2, 0.25) is 11.7 Å². The van der Waals surface area contributed by atoms with E-state index in [0.29, 0.717) is 28.5 Å². The van der Waals surface area contributed by atoms with Gasteiger partial charge in [0.1, 0.15) is 11.4 Å². The molecule has 6 rings (SSSR count). The average molecular weight is 530 g/mol. The first-order valence-corrected chi connectivity index (χ1v) is 13.4. The number of fused-ring (bicyclic) bond motifs is 1. The largest absolute Gasteiger partial charge is 0.508 e. The molecule has 192 valence electrons. The monoisotopic (exact) mass is 529 g/mol. The van der Waals surface area contributed by atoms with Crippen molar-refractivity contribution in [2.24, 2.45) is 5.41 Å². The van der Waals surface area contributed by atoms with Gasteiger partial charge in [0, 0.05) is 27.6 Å². The SMILES string of the molecule is CC1(C(=O)Nc2cccc(NS(=O)(=O)c3ccc(-c4noc(-c5cc6cc(O)ccc6[nH]5)n4)cc3)c2)CC1. The highest BCUT2D eigenvalue weighted by atomic mass is 32.2. The van der Waals surface area contributed by atoms with Gasteiger partial charge in [-0.1, -0.05) is 18.1 Å². The zero-order valence-electron chi connectivity index (χ0n) is 20.2. The molecule has 0 radical (unpaired) electrons. The maximum Gasteiger partial charge on any atom is 0.274 e. The van der Waals surface area contributed by atoms with E-state index in [1.165, 1.54) is 12.1 Å². The number of H-pyrrole nitrogens is 1. The van der Waals surface area contributed by atoms with E-state index in [-0.39, 0.29) is 27.9 Å². The van der Waals surface area contributed by atoms with Crippen LogP contribution in [0.4, 0.5) is 11.4 Å². The van der Waals surface area contributed by atoms with Crippen LogP contribution in [0.3, 0.4) is 0 Å². The second kappa shape index (κ2) is 8.73. The molecule has 38 heavy (non-hydrogen) atoms. The fourth-order valence-corrected chi connectivity index (χ4v) is 5.09. The zero-order valence-corrected chi connectivity index (χ0v) is 21.0. The standard InChI is InChI=1S/C27H23N5O5S/c1-27(11-12-27)26(34)28-18-3-2-4-19(15-18)32-38(35,36)21-8-5-16(6-9-21)24-30-25(37-31-24)23-14-17-13-20(33)7-10-22(17)29-23/h2-10,13-15,29,32-33H,11-12H2,1H3,(H,28,34). The fraction of sp³-hybridized carbons (Fsp3) is 0.148. The molecule has 0 spiro atoms. The van der Waals surface area contributed by atoms with Crippen LogP contribution in [0.2, 0.25) is 0 Å². The Bertz CT molecular complexity index is 1790. The molecule has 1 amide bonds. The summed E-state index contributed by atoms with van der Waals surface area (Å²) < 4.78 is 33.9. The molecule has 0 saturated heterocycles. The summed E-state index contributed by atoms with van der Waals surface area (Å²) in [6.07, 6.45) is 1.70. The molecule has 2 heterocycles. The van der Waals surface area contributed by atoms with E-state index in [9.17, 15) is 18.3 Å². The molecule has 5 aromatic rings. The van der Waals surface area contributed by atoms with Crippen LogP contribution in [0.15, 0.2) is 82.2 Å². The summed E-state index contributed by atoms with van der Waals surface area (Å²) in [4.78, 5) is 20.0. The van der Waals surface area contributed by atoms with Crippen LogP contribution in [-0.4, -0.2) is 34.6 Å². The number of hydrogen-bond acceptors (Lipinski definition) is 7. The number of carbonyl (C=O) groups excluding carboxylic acids is 1. The Labute approximate surface area is 217 Å². The summed E-state index contributed by atoms with van der Waals surface area (Å²) in [5.41, 5.74) is 2.50. The van der Waals surface area contributed by atoms with Crippen molar-refractivity contribution in [2.45, 2.75) is 24.7 Å². The lowest BCUT2D eigenvalue weighted by atomic mass is 10.1.